The molecule has 4 rings (SSSR count). The Labute approximate surface area is 215 Å². The van der Waals surface area contributed by atoms with Gasteiger partial charge >= 0.3 is 0 Å². The number of nitrogens with zero attached hydrogens (tertiary/aromatic N) is 2. The van der Waals surface area contributed by atoms with E-state index in [0.717, 1.165) is 35.7 Å². The maximum absolute atomic E-state index is 13.4. The Morgan fingerprint density at radius 2 is 1.63 bits per heavy atom. The van der Waals surface area contributed by atoms with Gasteiger partial charge in [0, 0.05) is 30.0 Å². The Morgan fingerprint density at radius 1 is 1.03 bits per heavy atom. The van der Waals surface area contributed by atoms with E-state index in [4.69, 9.17) is 0 Å². The van der Waals surface area contributed by atoms with Gasteiger partial charge in [-0.15, -0.1) is 0 Å². The molecule has 2 fully saturated rings. The van der Waals surface area contributed by atoms with Gasteiger partial charge in [-0.25, -0.2) is 0 Å². The van der Waals surface area contributed by atoms with E-state index in [1.165, 1.54) is 11.3 Å². The lowest BCUT2D eigenvalue weighted by Crippen LogP contribution is -2.51. The molecule has 8 heteroatoms. The van der Waals surface area contributed by atoms with E-state index >= 15 is 0 Å². The number of hydrogen-bond acceptors (Lipinski definition) is 4. The molecule has 188 valence electrons. The van der Waals surface area contributed by atoms with Crippen molar-refractivity contribution in [1.82, 2.24) is 15.1 Å². The SMILES string of the molecule is C[C@H](C(=O)NC1CCCCC1)N(Cc1ccc(Br)cc1)C(=O)CCN1C(=O)[C@H]2CC=CC[C@H]2C1=O. The Balaban J connectivity index is 1.44. The number of nitrogens with one attached hydrogen (secondary N) is 1. The third-order valence-electron chi connectivity index (χ3n) is 7.53. The van der Waals surface area contributed by atoms with Crippen LogP contribution < -0.4 is 5.32 Å². The fourth-order valence-corrected chi connectivity index (χ4v) is 5.64. The van der Waals surface area contributed by atoms with Crippen LogP contribution >= 0.6 is 15.9 Å². The zero-order valence-electron chi connectivity index (χ0n) is 20.2. The van der Waals surface area contributed by atoms with Gasteiger partial charge in [0.2, 0.25) is 23.6 Å². The van der Waals surface area contributed by atoms with Gasteiger partial charge in [-0.2, -0.15) is 0 Å². The molecule has 1 saturated heterocycles. The van der Waals surface area contributed by atoms with Crippen LogP contribution in [0.25, 0.3) is 0 Å². The number of carbonyl (C=O) groups excluding carboxylic acids is 4. The van der Waals surface area contributed by atoms with Crippen molar-refractivity contribution in [1.29, 1.82) is 0 Å². The Bertz CT molecular complexity index is 961. The minimum atomic E-state index is -0.662. The van der Waals surface area contributed by atoms with Crippen molar-refractivity contribution in [2.24, 2.45) is 11.8 Å². The standard InChI is InChI=1S/C27H34BrN3O4/c1-18(25(33)29-21-7-3-2-4-8-21)31(17-19-11-13-20(28)14-12-19)24(32)15-16-30-26(34)22-9-5-6-10-23(22)27(30)35/h5-6,11-14,18,21-23H,2-4,7-10,15-17H2,1H3,(H,29,33)/t18-,22-,23+/m1/s1. The third kappa shape index (κ3) is 6.02. The van der Waals surface area contributed by atoms with Crippen LogP contribution in [0.15, 0.2) is 40.9 Å². The molecular formula is C27H34BrN3O4. The van der Waals surface area contributed by atoms with E-state index in [1.54, 1.807) is 11.8 Å². The molecule has 7 nitrogen and oxygen atoms in total. The summed E-state index contributed by atoms with van der Waals surface area (Å²) in [5.41, 5.74) is 0.907. The molecule has 1 saturated carbocycles. The third-order valence-corrected chi connectivity index (χ3v) is 8.06. The van der Waals surface area contributed by atoms with Crippen molar-refractivity contribution in [3.8, 4) is 0 Å². The minimum Gasteiger partial charge on any atom is -0.352 e. The van der Waals surface area contributed by atoms with Crippen molar-refractivity contribution in [3.05, 3.63) is 46.5 Å². The van der Waals surface area contributed by atoms with Gasteiger partial charge in [0.05, 0.1) is 11.8 Å². The van der Waals surface area contributed by atoms with Crippen LogP contribution in [0.5, 0.6) is 0 Å². The average Bonchev–Trinajstić information content (AvgIpc) is 3.11. The fraction of sp³-hybridized carbons (Fsp3) is 0.556. The largest absolute Gasteiger partial charge is 0.352 e. The number of imide groups is 1. The number of rotatable bonds is 8. The molecule has 0 bridgehead atoms. The van der Waals surface area contributed by atoms with E-state index in [2.05, 4.69) is 21.2 Å². The molecule has 0 unspecified atom stereocenters. The van der Waals surface area contributed by atoms with E-state index in [9.17, 15) is 19.2 Å². The molecule has 0 radical (unpaired) electrons. The molecule has 3 aliphatic rings. The molecule has 3 atom stereocenters. The molecule has 35 heavy (non-hydrogen) atoms. The van der Waals surface area contributed by atoms with Crippen LogP contribution in [0.4, 0.5) is 0 Å². The summed E-state index contributed by atoms with van der Waals surface area (Å²) < 4.78 is 0.934. The number of fused-ring (bicyclic) bond motifs is 1. The lowest BCUT2D eigenvalue weighted by atomic mass is 9.85. The highest BCUT2D eigenvalue weighted by Crippen LogP contribution is 2.35. The first-order valence-corrected chi connectivity index (χ1v) is 13.5. The first-order chi connectivity index (χ1) is 16.8. The highest BCUT2D eigenvalue weighted by Gasteiger charge is 2.47. The number of halogens is 1. The number of hydrogen-bond donors (Lipinski definition) is 1. The summed E-state index contributed by atoms with van der Waals surface area (Å²) >= 11 is 3.43. The first kappa shape index (κ1) is 25.6. The maximum atomic E-state index is 13.4. The molecule has 1 aromatic carbocycles. The smallest absolute Gasteiger partial charge is 0.242 e. The lowest BCUT2D eigenvalue weighted by Gasteiger charge is -2.31. The zero-order valence-corrected chi connectivity index (χ0v) is 21.8. The van der Waals surface area contributed by atoms with Crippen molar-refractivity contribution >= 4 is 39.6 Å². The van der Waals surface area contributed by atoms with Crippen molar-refractivity contribution in [2.75, 3.05) is 6.54 Å². The van der Waals surface area contributed by atoms with Crippen LogP contribution in [-0.2, 0) is 25.7 Å². The highest BCUT2D eigenvalue weighted by molar-refractivity contribution is 9.10. The summed E-state index contributed by atoms with van der Waals surface area (Å²) in [6.45, 7) is 2.08. The molecule has 1 N–H and O–H groups in total. The number of allylic oxidation sites excluding steroid dienone is 2. The van der Waals surface area contributed by atoms with Gasteiger partial charge in [-0.3, -0.25) is 24.1 Å². The Hall–Kier alpha value is -2.48. The van der Waals surface area contributed by atoms with Crippen LogP contribution in [0.1, 0.15) is 63.9 Å². The van der Waals surface area contributed by atoms with Crippen molar-refractivity contribution in [3.63, 3.8) is 0 Å². The quantitative estimate of drug-likeness (QED) is 0.397. The second-order valence-corrected chi connectivity index (χ2v) is 10.8. The lowest BCUT2D eigenvalue weighted by molar-refractivity contribution is -0.144. The summed E-state index contributed by atoms with van der Waals surface area (Å²) in [4.78, 5) is 54.9. The van der Waals surface area contributed by atoms with Crippen LogP contribution in [0, 0.1) is 11.8 Å². The van der Waals surface area contributed by atoms with E-state index in [-0.39, 0.29) is 61.0 Å². The molecule has 1 heterocycles. The second-order valence-electron chi connectivity index (χ2n) is 9.90. The monoisotopic (exact) mass is 543 g/mol. The minimum absolute atomic E-state index is 0.00191. The Kier molecular flexibility index (Phi) is 8.42. The van der Waals surface area contributed by atoms with Crippen molar-refractivity contribution in [2.45, 2.75) is 76.9 Å². The predicted octanol–water partition coefficient (Wildman–Crippen LogP) is 3.96. The first-order valence-electron chi connectivity index (χ1n) is 12.7. The van der Waals surface area contributed by atoms with Gasteiger partial charge in [-0.1, -0.05) is 59.5 Å². The number of amides is 4. The maximum Gasteiger partial charge on any atom is 0.242 e. The summed E-state index contributed by atoms with van der Waals surface area (Å²) in [6, 6.07) is 7.14. The molecule has 2 aliphatic carbocycles. The molecule has 1 aliphatic heterocycles. The van der Waals surface area contributed by atoms with Gasteiger partial charge in [0.25, 0.3) is 0 Å². The predicted molar refractivity (Wildman–Crippen MR) is 136 cm³/mol. The van der Waals surface area contributed by atoms with Gasteiger partial charge in [0.1, 0.15) is 6.04 Å². The second kappa shape index (κ2) is 11.5. The van der Waals surface area contributed by atoms with Crippen LogP contribution in [-0.4, -0.2) is 52.1 Å². The zero-order chi connectivity index (χ0) is 24.9. The summed E-state index contributed by atoms with van der Waals surface area (Å²) in [5.74, 6) is -1.37. The molecule has 0 spiro atoms. The number of carbonyl (C=O) groups is 4. The number of benzene rings is 1. The van der Waals surface area contributed by atoms with E-state index < -0.39 is 6.04 Å². The topological polar surface area (TPSA) is 86.8 Å². The average molecular weight is 544 g/mol. The molecule has 1 aromatic rings. The molecule has 4 amide bonds. The molecule has 0 aromatic heterocycles. The van der Waals surface area contributed by atoms with Gasteiger partial charge in [0.15, 0.2) is 0 Å². The Morgan fingerprint density at radius 3 is 2.23 bits per heavy atom. The van der Waals surface area contributed by atoms with E-state index in [1.807, 2.05) is 36.4 Å². The van der Waals surface area contributed by atoms with Crippen LogP contribution in [0.2, 0.25) is 0 Å². The summed E-state index contributed by atoms with van der Waals surface area (Å²) in [5, 5.41) is 3.13. The van der Waals surface area contributed by atoms with Crippen molar-refractivity contribution < 1.29 is 19.2 Å². The number of likely N-dealkylation sites (tertiary alicyclic amines) is 1. The molecular weight excluding hydrogens is 510 g/mol. The summed E-state index contributed by atoms with van der Waals surface area (Å²) in [6.07, 6.45) is 10.4. The normalized spacial score (nSPS) is 23.2. The highest BCUT2D eigenvalue weighted by atomic mass is 79.9. The van der Waals surface area contributed by atoms with E-state index in [0.29, 0.717) is 12.8 Å². The fourth-order valence-electron chi connectivity index (χ4n) is 5.38. The van der Waals surface area contributed by atoms with Gasteiger partial charge < -0.3 is 10.2 Å². The van der Waals surface area contributed by atoms with Gasteiger partial charge in [-0.05, 0) is 50.3 Å². The summed E-state index contributed by atoms with van der Waals surface area (Å²) in [7, 11) is 0. The van der Waals surface area contributed by atoms with Crippen LogP contribution in [0.3, 0.4) is 0 Å².